The largest absolute Gasteiger partial charge is 0.478 e. The van der Waals surface area contributed by atoms with Crippen molar-refractivity contribution in [2.45, 2.75) is 51.4 Å². The number of benzene rings is 2. The fourth-order valence-electron chi connectivity index (χ4n) is 3.43. The van der Waals surface area contributed by atoms with Crippen LogP contribution in [-0.2, 0) is 10.8 Å². The van der Waals surface area contributed by atoms with Crippen molar-refractivity contribution < 1.29 is 9.90 Å². The summed E-state index contributed by atoms with van der Waals surface area (Å²) in [4.78, 5) is 10.9. The summed E-state index contributed by atoms with van der Waals surface area (Å²) >= 11 is 0. The van der Waals surface area contributed by atoms with Crippen LogP contribution in [-0.4, -0.2) is 11.1 Å². The first kappa shape index (κ1) is 17.3. The summed E-state index contributed by atoms with van der Waals surface area (Å²) in [6, 6.07) is 12.7. The Hall–Kier alpha value is -2.49. The topological polar surface area (TPSA) is 62.0 Å². The summed E-state index contributed by atoms with van der Waals surface area (Å²) in [6.07, 6.45) is 2.34. The van der Waals surface area contributed by atoms with Crippen LogP contribution < -0.4 is 0 Å². The summed E-state index contributed by atoms with van der Waals surface area (Å²) < 4.78 is 0. The van der Waals surface area contributed by atoms with Gasteiger partial charge in [0.15, 0.2) is 0 Å². The highest BCUT2D eigenvalue weighted by molar-refractivity contribution is 5.87. The Balaban J connectivity index is 1.90. The molecule has 3 rings (SSSR count). The normalized spacial score (nSPS) is 18.1. The van der Waals surface area contributed by atoms with Crippen LogP contribution in [0.3, 0.4) is 0 Å². The summed E-state index contributed by atoms with van der Waals surface area (Å²) in [5.74, 6) is -0.942. The summed E-state index contributed by atoms with van der Waals surface area (Å²) in [7, 11) is 0. The molecule has 0 aliphatic heterocycles. The maximum Gasteiger partial charge on any atom is 0.335 e. The SMILES string of the molecule is CC1(C)CCC(C)(C)c2cc(/N=N/c3ccc(C(=O)O)cc3)ccc21. The van der Waals surface area contributed by atoms with Crippen LogP contribution in [0.15, 0.2) is 52.7 Å². The third-order valence-electron chi connectivity index (χ3n) is 5.23. The number of hydrogen-bond acceptors (Lipinski definition) is 3. The Bertz CT molecular complexity index is 833. The van der Waals surface area contributed by atoms with E-state index in [-0.39, 0.29) is 16.4 Å². The molecule has 0 fully saturated rings. The number of rotatable bonds is 3. The van der Waals surface area contributed by atoms with Gasteiger partial charge in [-0.15, -0.1) is 0 Å². The second-order valence-electron chi connectivity index (χ2n) is 8.05. The molecular formula is C21H24N2O2. The monoisotopic (exact) mass is 336 g/mol. The lowest BCUT2D eigenvalue weighted by Crippen LogP contribution is -2.33. The van der Waals surface area contributed by atoms with E-state index in [1.807, 2.05) is 6.07 Å². The summed E-state index contributed by atoms with van der Waals surface area (Å²) in [5.41, 5.74) is 4.79. The molecule has 1 aliphatic carbocycles. The second kappa shape index (κ2) is 6.10. The highest BCUT2D eigenvalue weighted by atomic mass is 16.4. The summed E-state index contributed by atoms with van der Waals surface area (Å²) in [5, 5.41) is 17.5. The number of fused-ring (bicyclic) bond motifs is 1. The molecule has 4 heteroatoms. The van der Waals surface area contributed by atoms with Gasteiger partial charge in [-0.1, -0.05) is 33.8 Å². The predicted octanol–water partition coefficient (Wildman–Crippen LogP) is 6.15. The number of azo groups is 1. The first-order valence-electron chi connectivity index (χ1n) is 8.59. The van der Waals surface area contributed by atoms with Gasteiger partial charge in [0.05, 0.1) is 16.9 Å². The first-order chi connectivity index (χ1) is 11.7. The molecule has 130 valence electrons. The minimum absolute atomic E-state index is 0.138. The molecule has 0 unspecified atom stereocenters. The van der Waals surface area contributed by atoms with Crippen LogP contribution in [0, 0.1) is 0 Å². The van der Waals surface area contributed by atoms with Crippen molar-refractivity contribution >= 4 is 17.3 Å². The Morgan fingerprint density at radius 3 is 1.96 bits per heavy atom. The zero-order chi connectivity index (χ0) is 18.2. The van der Waals surface area contributed by atoms with Gasteiger partial charge in [0.2, 0.25) is 0 Å². The molecule has 0 saturated heterocycles. The first-order valence-corrected chi connectivity index (χ1v) is 8.59. The molecule has 25 heavy (non-hydrogen) atoms. The average molecular weight is 336 g/mol. The molecule has 2 aromatic rings. The fourth-order valence-corrected chi connectivity index (χ4v) is 3.43. The fraction of sp³-hybridized carbons (Fsp3) is 0.381. The average Bonchev–Trinajstić information content (AvgIpc) is 2.57. The lowest BCUT2D eigenvalue weighted by molar-refractivity contribution is 0.0697. The molecule has 0 spiro atoms. The predicted molar refractivity (Wildman–Crippen MR) is 99.3 cm³/mol. The Kier molecular flexibility index (Phi) is 4.23. The van der Waals surface area contributed by atoms with Crippen molar-refractivity contribution in [2.75, 3.05) is 0 Å². The van der Waals surface area contributed by atoms with E-state index in [0.717, 1.165) is 12.1 Å². The molecule has 0 amide bonds. The molecule has 0 heterocycles. The van der Waals surface area contributed by atoms with E-state index in [0.29, 0.717) is 5.69 Å². The van der Waals surface area contributed by atoms with Crippen molar-refractivity contribution in [1.82, 2.24) is 0 Å². The number of carboxylic acids is 1. The molecule has 1 aliphatic rings. The van der Waals surface area contributed by atoms with Gasteiger partial charge >= 0.3 is 5.97 Å². The van der Waals surface area contributed by atoms with Crippen molar-refractivity contribution in [3.8, 4) is 0 Å². The van der Waals surface area contributed by atoms with Gasteiger partial charge in [-0.2, -0.15) is 10.2 Å². The van der Waals surface area contributed by atoms with E-state index in [4.69, 9.17) is 5.11 Å². The van der Waals surface area contributed by atoms with E-state index < -0.39 is 5.97 Å². The molecule has 0 atom stereocenters. The second-order valence-corrected chi connectivity index (χ2v) is 8.05. The lowest BCUT2D eigenvalue weighted by atomic mass is 9.63. The maximum absolute atomic E-state index is 10.9. The summed E-state index contributed by atoms with van der Waals surface area (Å²) in [6.45, 7) is 9.16. The Morgan fingerprint density at radius 2 is 1.36 bits per heavy atom. The van der Waals surface area contributed by atoms with Crippen molar-refractivity contribution in [2.24, 2.45) is 10.2 Å². The van der Waals surface area contributed by atoms with E-state index in [2.05, 4.69) is 50.1 Å². The third-order valence-corrected chi connectivity index (χ3v) is 5.23. The van der Waals surface area contributed by atoms with Crippen LogP contribution in [0.2, 0.25) is 0 Å². The molecule has 2 aromatic carbocycles. The van der Waals surface area contributed by atoms with Crippen molar-refractivity contribution in [1.29, 1.82) is 0 Å². The number of carboxylic acid groups (broad SMARTS) is 1. The molecule has 1 N–H and O–H groups in total. The number of nitrogens with zero attached hydrogens (tertiary/aromatic N) is 2. The highest BCUT2D eigenvalue weighted by Gasteiger charge is 2.36. The van der Waals surface area contributed by atoms with Gasteiger partial charge in [-0.05, 0) is 71.2 Å². The van der Waals surface area contributed by atoms with Gasteiger partial charge in [0.1, 0.15) is 0 Å². The molecule has 4 nitrogen and oxygen atoms in total. The zero-order valence-electron chi connectivity index (χ0n) is 15.2. The zero-order valence-corrected chi connectivity index (χ0v) is 15.2. The molecule has 0 bridgehead atoms. The number of carbonyl (C=O) groups is 1. The van der Waals surface area contributed by atoms with Gasteiger partial charge in [0, 0.05) is 0 Å². The van der Waals surface area contributed by atoms with Crippen molar-refractivity contribution in [3.05, 3.63) is 59.2 Å². The van der Waals surface area contributed by atoms with Gasteiger partial charge < -0.3 is 5.11 Å². The molecule has 0 radical (unpaired) electrons. The van der Waals surface area contributed by atoms with E-state index in [1.54, 1.807) is 12.1 Å². The lowest BCUT2D eigenvalue weighted by Gasteiger charge is -2.41. The van der Waals surface area contributed by atoms with Gasteiger partial charge in [-0.25, -0.2) is 4.79 Å². The van der Waals surface area contributed by atoms with Crippen LogP contribution in [0.1, 0.15) is 62.0 Å². The van der Waals surface area contributed by atoms with Gasteiger partial charge in [0.25, 0.3) is 0 Å². The number of aromatic carboxylic acids is 1. The minimum atomic E-state index is -0.942. The van der Waals surface area contributed by atoms with E-state index in [1.165, 1.54) is 29.7 Å². The maximum atomic E-state index is 10.9. The van der Waals surface area contributed by atoms with E-state index >= 15 is 0 Å². The van der Waals surface area contributed by atoms with Crippen LogP contribution in [0.4, 0.5) is 11.4 Å². The van der Waals surface area contributed by atoms with Gasteiger partial charge in [-0.3, -0.25) is 0 Å². The Labute approximate surface area is 148 Å². The molecule has 0 aromatic heterocycles. The standard InChI is InChI=1S/C21H24N2O2/c1-20(2)11-12-21(3,4)18-13-16(9-10-17(18)20)23-22-15-7-5-14(6-8-15)19(24)25/h5-10,13H,11-12H2,1-4H3,(H,24,25)/b23-22+. The van der Waals surface area contributed by atoms with Crippen LogP contribution in [0.5, 0.6) is 0 Å². The minimum Gasteiger partial charge on any atom is -0.478 e. The molecule has 0 saturated carbocycles. The smallest absolute Gasteiger partial charge is 0.335 e. The molecular weight excluding hydrogens is 312 g/mol. The van der Waals surface area contributed by atoms with Crippen LogP contribution >= 0.6 is 0 Å². The Morgan fingerprint density at radius 1 is 0.840 bits per heavy atom. The van der Waals surface area contributed by atoms with Crippen LogP contribution in [0.25, 0.3) is 0 Å². The number of hydrogen-bond donors (Lipinski definition) is 1. The highest BCUT2D eigenvalue weighted by Crippen LogP contribution is 2.46. The van der Waals surface area contributed by atoms with E-state index in [9.17, 15) is 4.79 Å². The quantitative estimate of drug-likeness (QED) is 0.683. The third kappa shape index (κ3) is 3.48. The van der Waals surface area contributed by atoms with Crippen molar-refractivity contribution in [3.63, 3.8) is 0 Å².